The van der Waals surface area contributed by atoms with E-state index < -0.39 is 0 Å². The van der Waals surface area contributed by atoms with Crippen LogP contribution in [0.5, 0.6) is 0 Å². The van der Waals surface area contributed by atoms with Gasteiger partial charge in [0.15, 0.2) is 5.96 Å². The van der Waals surface area contributed by atoms with Crippen molar-refractivity contribution in [1.82, 2.24) is 15.6 Å². The van der Waals surface area contributed by atoms with Crippen LogP contribution in [0.4, 0.5) is 5.82 Å². The van der Waals surface area contributed by atoms with Crippen molar-refractivity contribution < 1.29 is 9.84 Å². The van der Waals surface area contributed by atoms with Crippen LogP contribution in [0.25, 0.3) is 0 Å². The van der Waals surface area contributed by atoms with Crippen molar-refractivity contribution in [3.63, 3.8) is 0 Å². The van der Waals surface area contributed by atoms with Crippen LogP contribution in [0.1, 0.15) is 13.3 Å². The number of aromatic nitrogens is 1. The quantitative estimate of drug-likeness (QED) is 0.315. The zero-order valence-electron chi connectivity index (χ0n) is 14.9. The molecule has 0 spiro atoms. The first-order valence-electron chi connectivity index (χ1n) is 8.75. The predicted molar refractivity (Wildman–Crippen MR) is 115 cm³/mol. The molecule has 0 radical (unpaired) electrons. The SMILES string of the molecule is CCNC(=NCC1(CO)COC1)NC1CCN(c2ncccc2Cl)C1.I. The molecule has 7 nitrogen and oxygen atoms in total. The Labute approximate surface area is 176 Å². The first-order valence-corrected chi connectivity index (χ1v) is 9.12. The lowest BCUT2D eigenvalue weighted by atomic mass is 9.87. The van der Waals surface area contributed by atoms with E-state index in [9.17, 15) is 5.11 Å². The summed E-state index contributed by atoms with van der Waals surface area (Å²) in [5.41, 5.74) is -0.217. The first kappa shape index (κ1) is 21.5. The Bertz CT molecular complexity index is 609. The summed E-state index contributed by atoms with van der Waals surface area (Å²) in [6.45, 7) is 6.37. The number of rotatable bonds is 6. The Kier molecular flexibility index (Phi) is 8.18. The lowest BCUT2D eigenvalue weighted by molar-refractivity contribution is -0.130. The van der Waals surface area contributed by atoms with Gasteiger partial charge in [-0.05, 0) is 25.5 Å². The monoisotopic (exact) mass is 495 g/mol. The van der Waals surface area contributed by atoms with Crippen LogP contribution in [-0.2, 0) is 4.74 Å². The molecule has 2 fully saturated rings. The zero-order valence-corrected chi connectivity index (χ0v) is 18.0. The Morgan fingerprint density at radius 1 is 1.54 bits per heavy atom. The first-order chi connectivity index (χ1) is 12.2. The van der Waals surface area contributed by atoms with E-state index in [0.717, 1.165) is 37.8 Å². The molecule has 0 aromatic carbocycles. The van der Waals surface area contributed by atoms with Crippen molar-refractivity contribution in [2.75, 3.05) is 50.9 Å². The number of guanidine groups is 1. The molecule has 0 aliphatic carbocycles. The number of nitrogens with one attached hydrogen (secondary N) is 2. The Morgan fingerprint density at radius 2 is 2.35 bits per heavy atom. The molecule has 1 unspecified atom stereocenters. The molecule has 0 saturated carbocycles. The third-order valence-electron chi connectivity index (χ3n) is 4.64. The molecule has 3 N–H and O–H groups in total. The van der Waals surface area contributed by atoms with Crippen molar-refractivity contribution in [1.29, 1.82) is 0 Å². The number of halogens is 2. The second kappa shape index (κ2) is 9.91. The third kappa shape index (κ3) is 5.11. The highest BCUT2D eigenvalue weighted by atomic mass is 127. The minimum absolute atomic E-state index is 0. The summed E-state index contributed by atoms with van der Waals surface area (Å²) in [4.78, 5) is 11.2. The molecule has 1 aromatic heterocycles. The molecule has 1 aromatic rings. The number of aliphatic imine (C=N–C) groups is 1. The van der Waals surface area contributed by atoms with Crippen molar-refractivity contribution in [3.05, 3.63) is 23.4 Å². The summed E-state index contributed by atoms with van der Waals surface area (Å²) >= 11 is 6.25. The molecule has 2 aliphatic rings. The summed E-state index contributed by atoms with van der Waals surface area (Å²) < 4.78 is 5.23. The lowest BCUT2D eigenvalue weighted by Gasteiger charge is -2.38. The second-order valence-corrected chi connectivity index (χ2v) is 7.14. The fourth-order valence-corrected chi connectivity index (χ4v) is 3.31. The molecule has 1 atom stereocenters. The van der Waals surface area contributed by atoms with Crippen LogP contribution in [-0.4, -0.2) is 68.1 Å². The largest absolute Gasteiger partial charge is 0.396 e. The molecule has 3 rings (SSSR count). The molecule has 26 heavy (non-hydrogen) atoms. The maximum absolute atomic E-state index is 9.53. The Morgan fingerprint density at radius 3 is 2.96 bits per heavy atom. The third-order valence-corrected chi connectivity index (χ3v) is 4.93. The summed E-state index contributed by atoms with van der Waals surface area (Å²) in [6.07, 6.45) is 2.76. The number of hydrogen-bond donors (Lipinski definition) is 3. The van der Waals surface area contributed by atoms with Crippen LogP contribution in [0.2, 0.25) is 5.02 Å². The summed E-state index contributed by atoms with van der Waals surface area (Å²) in [5, 5.41) is 17.0. The van der Waals surface area contributed by atoms with E-state index in [-0.39, 0.29) is 42.0 Å². The van der Waals surface area contributed by atoms with Crippen molar-refractivity contribution >= 4 is 47.4 Å². The van der Waals surface area contributed by atoms with Gasteiger partial charge in [-0.2, -0.15) is 0 Å². The molecule has 2 saturated heterocycles. The Balaban J connectivity index is 0.00000243. The normalized spacial score (nSPS) is 21.7. The van der Waals surface area contributed by atoms with Gasteiger partial charge in [0.2, 0.25) is 0 Å². The van der Waals surface area contributed by atoms with Crippen molar-refractivity contribution in [2.45, 2.75) is 19.4 Å². The maximum Gasteiger partial charge on any atom is 0.191 e. The van der Waals surface area contributed by atoms with Crippen LogP contribution >= 0.6 is 35.6 Å². The van der Waals surface area contributed by atoms with Gasteiger partial charge < -0.3 is 25.4 Å². The fraction of sp³-hybridized carbons (Fsp3) is 0.647. The Hall–Kier alpha value is -0.840. The molecular weight excluding hydrogens is 469 g/mol. The van der Waals surface area contributed by atoms with Gasteiger partial charge in [-0.15, -0.1) is 24.0 Å². The highest BCUT2D eigenvalue weighted by Gasteiger charge is 2.38. The standard InChI is InChI=1S/C17H26ClN5O2.HI/c1-2-19-16(21-9-17(10-24)11-25-12-17)22-13-5-7-23(8-13)15-14(18)4-3-6-20-15;/h3-4,6,13,24H,2,5,7-12H2,1H3,(H2,19,21,22);1H. The lowest BCUT2D eigenvalue weighted by Crippen LogP contribution is -2.50. The number of aliphatic hydroxyl groups excluding tert-OH is 1. The maximum atomic E-state index is 9.53. The molecule has 9 heteroatoms. The predicted octanol–water partition coefficient (Wildman–Crippen LogP) is 1.50. The van der Waals surface area contributed by atoms with Gasteiger partial charge in [-0.1, -0.05) is 11.6 Å². The van der Waals surface area contributed by atoms with Gasteiger partial charge in [0.25, 0.3) is 0 Å². The molecule has 0 bridgehead atoms. The van der Waals surface area contributed by atoms with Gasteiger partial charge in [0.05, 0.1) is 36.8 Å². The van der Waals surface area contributed by atoms with Crippen LogP contribution < -0.4 is 15.5 Å². The molecule has 2 aliphatic heterocycles. The van der Waals surface area contributed by atoms with E-state index in [1.54, 1.807) is 6.20 Å². The van der Waals surface area contributed by atoms with Crippen molar-refractivity contribution in [2.24, 2.45) is 10.4 Å². The number of pyridine rings is 1. The van der Waals surface area contributed by atoms with Crippen LogP contribution in [0.15, 0.2) is 23.3 Å². The van der Waals surface area contributed by atoms with E-state index in [1.807, 2.05) is 19.1 Å². The summed E-state index contributed by atoms with van der Waals surface area (Å²) in [6, 6.07) is 3.98. The van der Waals surface area contributed by atoms with Crippen LogP contribution in [0.3, 0.4) is 0 Å². The van der Waals surface area contributed by atoms with Crippen LogP contribution in [0, 0.1) is 5.41 Å². The van der Waals surface area contributed by atoms with Gasteiger partial charge in [-0.25, -0.2) is 4.98 Å². The summed E-state index contributed by atoms with van der Waals surface area (Å²) in [5.74, 6) is 1.61. The van der Waals surface area contributed by atoms with E-state index in [0.29, 0.717) is 24.8 Å². The number of aliphatic hydroxyl groups is 1. The highest BCUT2D eigenvalue weighted by Crippen LogP contribution is 2.27. The highest BCUT2D eigenvalue weighted by molar-refractivity contribution is 14.0. The topological polar surface area (TPSA) is 82.0 Å². The number of ether oxygens (including phenoxy) is 1. The van der Waals surface area contributed by atoms with E-state index >= 15 is 0 Å². The van der Waals surface area contributed by atoms with Crippen molar-refractivity contribution in [3.8, 4) is 0 Å². The molecular formula is C17H27ClIN5O2. The van der Waals surface area contributed by atoms with E-state index in [2.05, 4.69) is 25.5 Å². The average molecular weight is 496 g/mol. The second-order valence-electron chi connectivity index (χ2n) is 6.73. The van der Waals surface area contributed by atoms with Gasteiger partial charge >= 0.3 is 0 Å². The fourth-order valence-electron chi connectivity index (χ4n) is 3.06. The van der Waals surface area contributed by atoms with Gasteiger partial charge in [0.1, 0.15) is 5.82 Å². The minimum atomic E-state index is -0.217. The molecule has 0 amide bonds. The smallest absolute Gasteiger partial charge is 0.191 e. The zero-order chi connectivity index (χ0) is 17.7. The van der Waals surface area contributed by atoms with E-state index in [4.69, 9.17) is 16.3 Å². The number of nitrogens with zero attached hydrogens (tertiary/aromatic N) is 3. The van der Waals surface area contributed by atoms with Gasteiger partial charge in [-0.3, -0.25) is 4.99 Å². The molecule has 3 heterocycles. The summed E-state index contributed by atoms with van der Waals surface area (Å²) in [7, 11) is 0. The molecule has 146 valence electrons. The number of hydrogen-bond acceptors (Lipinski definition) is 5. The average Bonchev–Trinajstić information content (AvgIpc) is 3.03. The van der Waals surface area contributed by atoms with Gasteiger partial charge in [0, 0.05) is 31.9 Å². The number of anilines is 1. The minimum Gasteiger partial charge on any atom is -0.396 e. The van der Waals surface area contributed by atoms with E-state index in [1.165, 1.54) is 0 Å².